The third-order valence-corrected chi connectivity index (χ3v) is 3.33. The van der Waals surface area contributed by atoms with Crippen molar-refractivity contribution in [2.24, 2.45) is 17.8 Å². The van der Waals surface area contributed by atoms with Crippen LogP contribution in [0, 0.1) is 17.8 Å². The van der Waals surface area contributed by atoms with E-state index in [2.05, 4.69) is 0 Å². The highest BCUT2D eigenvalue weighted by molar-refractivity contribution is 5.93. The second-order valence-electron chi connectivity index (χ2n) is 4.86. The maximum atomic E-state index is 11.0. The molecule has 0 aliphatic carbocycles. The van der Waals surface area contributed by atoms with Gasteiger partial charge in [0.05, 0.1) is 0 Å². The summed E-state index contributed by atoms with van der Waals surface area (Å²) in [6.07, 6.45) is 1.10. The Balaban J connectivity index is 4.72. The van der Waals surface area contributed by atoms with Gasteiger partial charge >= 0.3 is 23.9 Å². The smallest absolute Gasteiger partial charge is 0.318 e. The number of carbonyl (C=O) groups is 4. The normalized spacial score (nSPS) is 12.3. The Morgan fingerprint density at radius 3 is 1.57 bits per heavy atom. The van der Waals surface area contributed by atoms with Crippen molar-refractivity contribution in [2.45, 2.75) is 39.0 Å². The number of aliphatic carboxylic acids is 4. The summed E-state index contributed by atoms with van der Waals surface area (Å²) in [5.74, 6) is -9.54. The van der Waals surface area contributed by atoms with Crippen LogP contribution < -0.4 is 0 Å². The average molecular weight is 304 g/mol. The third-order valence-electron chi connectivity index (χ3n) is 3.33. The van der Waals surface area contributed by atoms with E-state index in [9.17, 15) is 19.2 Å². The van der Waals surface area contributed by atoms with Gasteiger partial charge in [0.15, 0.2) is 11.8 Å². The third kappa shape index (κ3) is 6.24. The topological polar surface area (TPSA) is 149 Å². The van der Waals surface area contributed by atoms with Gasteiger partial charge in [-0.3, -0.25) is 19.2 Å². The Bertz CT molecular complexity index is 375. The Hall–Kier alpha value is -2.12. The van der Waals surface area contributed by atoms with E-state index in [1.165, 1.54) is 0 Å². The van der Waals surface area contributed by atoms with Crippen LogP contribution in [0.4, 0.5) is 0 Å². The van der Waals surface area contributed by atoms with Crippen molar-refractivity contribution >= 4 is 23.9 Å². The minimum atomic E-state index is -1.56. The molecule has 1 atom stereocenters. The van der Waals surface area contributed by atoms with Crippen LogP contribution in [0.15, 0.2) is 0 Å². The Morgan fingerprint density at radius 2 is 1.24 bits per heavy atom. The first-order chi connectivity index (χ1) is 9.72. The number of hydrogen-bond acceptors (Lipinski definition) is 4. The lowest BCUT2D eigenvalue weighted by molar-refractivity contribution is -0.159. The zero-order chi connectivity index (χ0) is 16.6. The summed E-state index contributed by atoms with van der Waals surface area (Å²) < 4.78 is 0. The van der Waals surface area contributed by atoms with E-state index < -0.39 is 41.6 Å². The summed E-state index contributed by atoms with van der Waals surface area (Å²) in [6, 6.07) is 0. The van der Waals surface area contributed by atoms with E-state index in [0.29, 0.717) is 12.8 Å². The predicted molar refractivity (Wildman–Crippen MR) is 69.8 cm³/mol. The van der Waals surface area contributed by atoms with Gasteiger partial charge in [0, 0.05) is 0 Å². The van der Waals surface area contributed by atoms with Gasteiger partial charge in [0.25, 0.3) is 0 Å². The van der Waals surface area contributed by atoms with Gasteiger partial charge in [-0.2, -0.15) is 0 Å². The van der Waals surface area contributed by atoms with Crippen molar-refractivity contribution in [1.29, 1.82) is 0 Å². The van der Waals surface area contributed by atoms with E-state index in [1.807, 2.05) is 0 Å². The van der Waals surface area contributed by atoms with Gasteiger partial charge in [-0.1, -0.05) is 19.8 Å². The Labute approximate surface area is 121 Å². The zero-order valence-electron chi connectivity index (χ0n) is 11.7. The molecule has 1 unspecified atom stereocenters. The van der Waals surface area contributed by atoms with Crippen molar-refractivity contribution < 1.29 is 39.6 Å². The van der Waals surface area contributed by atoms with Crippen molar-refractivity contribution in [2.75, 3.05) is 0 Å². The molecule has 8 heteroatoms. The molecule has 0 saturated heterocycles. The molecule has 0 bridgehead atoms. The molecule has 0 rings (SSSR count). The van der Waals surface area contributed by atoms with Crippen molar-refractivity contribution in [3.05, 3.63) is 0 Å². The summed E-state index contributed by atoms with van der Waals surface area (Å²) in [5.41, 5.74) is 0. The average Bonchev–Trinajstić information content (AvgIpc) is 2.32. The van der Waals surface area contributed by atoms with Gasteiger partial charge in [-0.25, -0.2) is 0 Å². The number of rotatable bonds is 11. The molecule has 4 N–H and O–H groups in total. The van der Waals surface area contributed by atoms with Crippen LogP contribution in [-0.4, -0.2) is 44.3 Å². The fourth-order valence-electron chi connectivity index (χ4n) is 2.29. The van der Waals surface area contributed by atoms with E-state index in [0.717, 1.165) is 0 Å². The molecule has 0 aromatic rings. The molecule has 0 aliphatic heterocycles. The fraction of sp³-hybridized carbons (Fsp3) is 0.692. The second-order valence-corrected chi connectivity index (χ2v) is 4.86. The number of carboxylic acid groups (broad SMARTS) is 4. The second kappa shape index (κ2) is 8.93. The maximum absolute atomic E-state index is 11.0. The summed E-state index contributed by atoms with van der Waals surface area (Å²) in [4.78, 5) is 43.5. The Morgan fingerprint density at radius 1 is 0.762 bits per heavy atom. The lowest BCUT2D eigenvalue weighted by Gasteiger charge is -2.20. The highest BCUT2D eigenvalue weighted by Crippen LogP contribution is 2.26. The van der Waals surface area contributed by atoms with Gasteiger partial charge in [0.1, 0.15) is 0 Å². The van der Waals surface area contributed by atoms with Crippen LogP contribution in [0.25, 0.3) is 0 Å². The molecule has 21 heavy (non-hydrogen) atoms. The van der Waals surface area contributed by atoms with Crippen LogP contribution in [0.2, 0.25) is 0 Å². The molecule has 8 nitrogen and oxygen atoms in total. The van der Waals surface area contributed by atoms with Crippen molar-refractivity contribution in [3.8, 4) is 0 Å². The highest BCUT2D eigenvalue weighted by Gasteiger charge is 2.34. The van der Waals surface area contributed by atoms with E-state index in [1.54, 1.807) is 6.92 Å². The first kappa shape index (κ1) is 18.9. The molecule has 0 radical (unpaired) electrons. The summed E-state index contributed by atoms with van der Waals surface area (Å²) in [6.45, 7) is 1.78. The molecular weight excluding hydrogens is 284 g/mol. The first-order valence-electron chi connectivity index (χ1n) is 6.63. The van der Waals surface area contributed by atoms with Gasteiger partial charge in [-0.05, 0) is 25.2 Å². The van der Waals surface area contributed by atoms with Crippen molar-refractivity contribution in [3.63, 3.8) is 0 Å². The van der Waals surface area contributed by atoms with E-state index >= 15 is 0 Å². The molecule has 0 spiro atoms. The molecule has 0 aromatic heterocycles. The number of carboxylic acids is 4. The molecule has 120 valence electrons. The largest absolute Gasteiger partial charge is 0.481 e. The minimum absolute atomic E-state index is 0.144. The standard InChI is InChI=1S/C13H20O8/c1-2-4-7(9(12(18)19)13(20)21)5-3-6-8(10(14)15)11(16)17/h7-9H,2-6H2,1H3,(H,14,15)(H,16,17)(H,18,19)(H,20,21). The maximum Gasteiger partial charge on any atom is 0.318 e. The quantitative estimate of drug-likeness (QED) is 0.415. The SMILES string of the molecule is CCCC(CCCC(C(=O)O)C(=O)O)C(C(=O)O)C(=O)O. The summed E-state index contributed by atoms with van der Waals surface area (Å²) in [7, 11) is 0. The fourth-order valence-corrected chi connectivity index (χ4v) is 2.29. The molecule has 0 amide bonds. The molecule has 0 aliphatic rings. The monoisotopic (exact) mass is 304 g/mol. The van der Waals surface area contributed by atoms with E-state index in [-0.39, 0.29) is 19.3 Å². The lowest BCUT2D eigenvalue weighted by atomic mass is 9.83. The van der Waals surface area contributed by atoms with Gasteiger partial charge in [-0.15, -0.1) is 0 Å². The highest BCUT2D eigenvalue weighted by atomic mass is 16.4. The van der Waals surface area contributed by atoms with Crippen LogP contribution in [0.5, 0.6) is 0 Å². The summed E-state index contributed by atoms with van der Waals surface area (Å²) in [5, 5.41) is 35.4. The molecular formula is C13H20O8. The molecule has 0 saturated carbocycles. The van der Waals surface area contributed by atoms with Gasteiger partial charge in [0.2, 0.25) is 0 Å². The lowest BCUT2D eigenvalue weighted by Crippen LogP contribution is -2.31. The van der Waals surface area contributed by atoms with E-state index in [4.69, 9.17) is 20.4 Å². The molecule has 0 fully saturated rings. The van der Waals surface area contributed by atoms with Gasteiger partial charge < -0.3 is 20.4 Å². The molecule has 0 aromatic carbocycles. The predicted octanol–water partition coefficient (Wildman–Crippen LogP) is 1.14. The van der Waals surface area contributed by atoms with Crippen LogP contribution in [0.3, 0.4) is 0 Å². The summed E-state index contributed by atoms with van der Waals surface area (Å²) >= 11 is 0. The van der Waals surface area contributed by atoms with Crippen molar-refractivity contribution in [1.82, 2.24) is 0 Å². The molecule has 0 heterocycles. The Kier molecular flexibility index (Phi) is 8.03. The van der Waals surface area contributed by atoms with Crippen LogP contribution >= 0.6 is 0 Å². The van der Waals surface area contributed by atoms with Crippen LogP contribution in [0.1, 0.15) is 39.0 Å². The first-order valence-corrected chi connectivity index (χ1v) is 6.63. The minimum Gasteiger partial charge on any atom is -0.481 e. The zero-order valence-corrected chi connectivity index (χ0v) is 11.7. The number of hydrogen-bond donors (Lipinski definition) is 4. The van der Waals surface area contributed by atoms with Crippen LogP contribution in [-0.2, 0) is 19.2 Å².